The van der Waals surface area contributed by atoms with Gasteiger partial charge in [0.25, 0.3) is 11.1 Å². The Hall–Kier alpha value is -7.29. The maximum Gasteiger partial charge on any atom is 0.410 e. The van der Waals surface area contributed by atoms with Gasteiger partial charge in [0.05, 0.1) is 66.6 Å². The number of pyridine rings is 6. The smallest absolute Gasteiger partial charge is 0.410 e. The molecule has 4 aliphatic heterocycles. The van der Waals surface area contributed by atoms with Crippen LogP contribution in [0.4, 0.5) is 16.4 Å². The zero-order chi connectivity index (χ0) is 52.6. The van der Waals surface area contributed by atoms with E-state index in [2.05, 4.69) is 51.8 Å². The second kappa shape index (κ2) is 23.5. The molecule has 0 unspecified atom stereocenters. The van der Waals surface area contributed by atoms with Crippen LogP contribution in [0.1, 0.15) is 81.8 Å². The normalized spacial score (nSPS) is 16.5. The third kappa shape index (κ3) is 13.3. The number of methoxy groups -OCH3 is 2. The van der Waals surface area contributed by atoms with Crippen molar-refractivity contribution in [1.29, 1.82) is 0 Å². The molecule has 20 nitrogen and oxygen atoms in total. The van der Waals surface area contributed by atoms with Gasteiger partial charge >= 0.3 is 6.09 Å². The molecule has 2 fully saturated rings. The number of hydrogen-bond acceptors (Lipinski definition) is 15. The Labute approximate surface area is 435 Å². The first-order chi connectivity index (χ1) is 36.2. The SMILES string of the molecule is COc1cnc2ccc(=O)n(CCN3CCC(N(Cc4ccc5c(n4)NC(=O)CC5)C(=O)OC(C)(C)C)CC3)c2c1.COc1cnc2ccc(=O)n(CCN3CCC(NCc4ccc5c(n4)NC(=O)CC5)CC3)c2c1. The summed E-state index contributed by atoms with van der Waals surface area (Å²) in [6.07, 6.45) is 8.97. The number of nitrogens with zero attached hydrogens (tertiary/aromatic N) is 9. The molecule has 396 valence electrons. The summed E-state index contributed by atoms with van der Waals surface area (Å²) in [5.41, 5.74) is 6.12. The van der Waals surface area contributed by atoms with Gasteiger partial charge in [-0.2, -0.15) is 0 Å². The van der Waals surface area contributed by atoms with Crippen LogP contribution < -0.4 is 36.5 Å². The van der Waals surface area contributed by atoms with Gasteiger partial charge in [0.15, 0.2) is 0 Å². The standard InChI is InChI=1S/C30H38N6O5.C25H30N6O3/c1-30(2,3)41-29(39)36(19-21-7-5-20-6-9-26(37)33-28(20)32-21)22-11-13-34(14-12-22)15-16-35-25-17-23(40-4)18-31-24(25)8-10-27(35)38;1-34-20-14-22-21(27-16-20)5-7-24(33)31(22)13-12-30-10-8-18(9-11-30)26-15-19-4-2-17-3-6-23(32)29-25(17)28-19/h5,7-8,10,17-18,22H,6,9,11-16,19H2,1-4H3,(H,32,33,37);2,4-5,7,14,16,18,26H,3,6,8-13,15H2,1H3,(H,28,29,32). The number of carbonyl (C=O) groups excluding carboxylic acids is 3. The van der Waals surface area contributed by atoms with Crippen molar-refractivity contribution in [3.63, 3.8) is 0 Å². The number of carbonyl (C=O) groups is 3. The molecule has 3 N–H and O–H groups in total. The van der Waals surface area contributed by atoms with Crippen LogP contribution in [-0.4, -0.2) is 133 Å². The third-order valence-electron chi connectivity index (χ3n) is 14.3. The van der Waals surface area contributed by atoms with Crippen molar-refractivity contribution < 1.29 is 28.6 Å². The molecule has 3 amide bonds. The van der Waals surface area contributed by atoms with Crippen LogP contribution in [0, 0.1) is 0 Å². The zero-order valence-corrected chi connectivity index (χ0v) is 43.6. The maximum atomic E-state index is 13.3. The van der Waals surface area contributed by atoms with Crippen LogP contribution in [0.3, 0.4) is 0 Å². The largest absolute Gasteiger partial charge is 0.495 e. The lowest BCUT2D eigenvalue weighted by Crippen LogP contribution is -2.49. The Morgan fingerprint density at radius 3 is 1.65 bits per heavy atom. The quantitative estimate of drug-likeness (QED) is 0.122. The highest BCUT2D eigenvalue weighted by molar-refractivity contribution is 5.93. The van der Waals surface area contributed by atoms with E-state index in [1.165, 1.54) is 0 Å². The van der Waals surface area contributed by atoms with E-state index in [1.54, 1.807) is 64.9 Å². The number of hydrogen-bond donors (Lipinski definition) is 3. The fourth-order valence-corrected chi connectivity index (χ4v) is 10.1. The average molecular weight is 1030 g/mol. The van der Waals surface area contributed by atoms with Crippen LogP contribution in [0.2, 0.25) is 0 Å². The predicted molar refractivity (Wildman–Crippen MR) is 285 cm³/mol. The first-order valence-corrected chi connectivity index (χ1v) is 26.0. The van der Waals surface area contributed by atoms with Crippen LogP contribution in [0.5, 0.6) is 11.5 Å². The molecule has 0 saturated carbocycles. The summed E-state index contributed by atoms with van der Waals surface area (Å²) in [5, 5.41) is 9.34. The first kappa shape index (κ1) is 52.6. The van der Waals surface area contributed by atoms with Crippen molar-refractivity contribution in [3.05, 3.63) is 116 Å². The fraction of sp³-hybridized carbons (Fsp3) is 0.473. The topological polar surface area (TPSA) is 220 Å². The van der Waals surface area contributed by atoms with Crippen molar-refractivity contribution in [2.24, 2.45) is 0 Å². The van der Waals surface area contributed by atoms with Crippen LogP contribution >= 0.6 is 0 Å². The lowest BCUT2D eigenvalue weighted by molar-refractivity contribution is -0.117. The molecule has 75 heavy (non-hydrogen) atoms. The lowest BCUT2D eigenvalue weighted by atomic mass is 10.0. The summed E-state index contributed by atoms with van der Waals surface area (Å²) >= 11 is 0. The van der Waals surface area contributed by atoms with Crippen molar-refractivity contribution in [3.8, 4) is 11.5 Å². The van der Waals surface area contributed by atoms with Gasteiger partial charge in [-0.1, -0.05) is 12.1 Å². The van der Waals surface area contributed by atoms with Gasteiger partial charge in [0, 0.05) is 95.0 Å². The summed E-state index contributed by atoms with van der Waals surface area (Å²) in [7, 11) is 3.18. The van der Waals surface area contributed by atoms with Crippen molar-refractivity contribution in [1.82, 2.24) is 49.1 Å². The van der Waals surface area contributed by atoms with E-state index in [1.807, 2.05) is 51.1 Å². The van der Waals surface area contributed by atoms with E-state index in [0.717, 1.165) is 104 Å². The minimum absolute atomic E-state index is 0.0205. The number of nitrogens with one attached hydrogen (secondary N) is 3. The zero-order valence-electron chi connectivity index (χ0n) is 43.6. The number of amides is 3. The third-order valence-corrected chi connectivity index (χ3v) is 14.3. The number of rotatable bonds is 14. The predicted octanol–water partition coefficient (Wildman–Crippen LogP) is 5.53. The number of piperidine rings is 2. The van der Waals surface area contributed by atoms with Crippen LogP contribution in [-0.2, 0) is 53.3 Å². The Morgan fingerprint density at radius 2 is 1.15 bits per heavy atom. The average Bonchev–Trinajstić information content (AvgIpc) is 3.41. The molecular formula is C55H68N12O8. The minimum Gasteiger partial charge on any atom is -0.495 e. The molecule has 6 aromatic heterocycles. The number of likely N-dealkylation sites (tertiary alicyclic amines) is 2. The Kier molecular flexibility index (Phi) is 16.5. The molecule has 2 saturated heterocycles. The molecule has 4 aliphatic rings. The Morgan fingerprint density at radius 1 is 0.653 bits per heavy atom. The molecule has 0 bridgehead atoms. The van der Waals surface area contributed by atoms with E-state index in [-0.39, 0.29) is 35.1 Å². The van der Waals surface area contributed by atoms with Gasteiger partial charge in [0.2, 0.25) is 11.8 Å². The molecule has 20 heteroatoms. The van der Waals surface area contributed by atoms with Gasteiger partial charge in [-0.05, 0) is 108 Å². The molecule has 0 atom stereocenters. The molecule has 0 radical (unpaired) electrons. The molecule has 6 aromatic rings. The number of aryl methyl sites for hydroxylation is 2. The van der Waals surface area contributed by atoms with Gasteiger partial charge < -0.3 is 49.1 Å². The highest BCUT2D eigenvalue weighted by Gasteiger charge is 2.32. The van der Waals surface area contributed by atoms with E-state index in [9.17, 15) is 24.0 Å². The summed E-state index contributed by atoms with van der Waals surface area (Å²) in [6, 6.07) is 18.8. The van der Waals surface area contributed by atoms with Gasteiger partial charge in [-0.3, -0.25) is 34.0 Å². The molecule has 0 aromatic carbocycles. The van der Waals surface area contributed by atoms with E-state index >= 15 is 0 Å². The number of fused-ring (bicyclic) bond motifs is 4. The monoisotopic (exact) mass is 1020 g/mol. The highest BCUT2D eigenvalue weighted by atomic mass is 16.6. The van der Waals surface area contributed by atoms with Gasteiger partial charge in [0.1, 0.15) is 28.7 Å². The first-order valence-electron chi connectivity index (χ1n) is 26.0. The highest BCUT2D eigenvalue weighted by Crippen LogP contribution is 2.27. The van der Waals surface area contributed by atoms with Crippen LogP contribution in [0.25, 0.3) is 22.1 Å². The fourth-order valence-electron chi connectivity index (χ4n) is 10.1. The van der Waals surface area contributed by atoms with E-state index in [0.29, 0.717) is 86.9 Å². The van der Waals surface area contributed by atoms with Gasteiger partial charge in [-0.15, -0.1) is 0 Å². The Bertz CT molecular complexity index is 3160. The number of anilines is 2. The molecule has 10 rings (SSSR count). The summed E-state index contributed by atoms with van der Waals surface area (Å²) < 4.78 is 19.9. The molecule has 0 aliphatic carbocycles. The van der Waals surface area contributed by atoms with E-state index in [4.69, 9.17) is 14.2 Å². The minimum atomic E-state index is -0.628. The molecule has 0 spiro atoms. The summed E-state index contributed by atoms with van der Waals surface area (Å²) in [6.45, 7) is 12.7. The van der Waals surface area contributed by atoms with Crippen molar-refractivity contribution in [2.75, 3.05) is 64.1 Å². The lowest BCUT2D eigenvalue weighted by Gasteiger charge is -2.39. The van der Waals surface area contributed by atoms with Crippen LogP contribution in [0.15, 0.2) is 82.6 Å². The second-order valence-electron chi connectivity index (χ2n) is 20.6. The van der Waals surface area contributed by atoms with Crippen molar-refractivity contribution >= 4 is 51.6 Å². The Balaban J connectivity index is 0.000000187. The van der Waals surface area contributed by atoms with Gasteiger partial charge in [-0.25, -0.2) is 14.8 Å². The summed E-state index contributed by atoms with van der Waals surface area (Å²) in [4.78, 5) is 86.7. The second-order valence-corrected chi connectivity index (χ2v) is 20.6. The maximum absolute atomic E-state index is 13.3. The van der Waals surface area contributed by atoms with Crippen molar-refractivity contribution in [2.45, 2.75) is 116 Å². The summed E-state index contributed by atoms with van der Waals surface area (Å²) in [5.74, 6) is 2.54. The molecular weight excluding hydrogens is 957 g/mol. The number of aromatic nitrogens is 6. The number of ether oxygens (including phenoxy) is 3. The molecule has 10 heterocycles. The van der Waals surface area contributed by atoms with E-state index < -0.39 is 5.60 Å².